The minimum Gasteiger partial charge on any atom is -0.478 e. The minimum absolute atomic E-state index is 0.0780. The molecular weight excluding hydrogens is 302 g/mol. The molecular formula is C20H19NO3. The van der Waals surface area contributed by atoms with Gasteiger partial charge in [-0.1, -0.05) is 36.4 Å². The van der Waals surface area contributed by atoms with Crippen LogP contribution in [0.5, 0.6) is 0 Å². The van der Waals surface area contributed by atoms with E-state index in [-0.39, 0.29) is 11.5 Å². The molecule has 2 aliphatic carbocycles. The summed E-state index contributed by atoms with van der Waals surface area (Å²) < 4.78 is 0. The van der Waals surface area contributed by atoms with E-state index in [0.717, 1.165) is 12.0 Å². The first kappa shape index (κ1) is 14.9. The fourth-order valence-electron chi connectivity index (χ4n) is 3.88. The second kappa shape index (κ2) is 5.78. The Morgan fingerprint density at radius 1 is 1.08 bits per heavy atom. The average Bonchev–Trinajstić information content (AvgIpc) is 3.10. The van der Waals surface area contributed by atoms with E-state index in [1.165, 1.54) is 11.1 Å². The molecule has 4 rings (SSSR count). The molecule has 3 unspecified atom stereocenters. The van der Waals surface area contributed by atoms with Gasteiger partial charge in [-0.3, -0.25) is 4.79 Å². The number of carbonyl (C=O) groups is 2. The van der Waals surface area contributed by atoms with Gasteiger partial charge in [0.1, 0.15) is 0 Å². The number of hydrogen-bond donors (Lipinski definition) is 2. The molecule has 0 heterocycles. The Morgan fingerprint density at radius 2 is 1.83 bits per heavy atom. The molecule has 2 aromatic carbocycles. The summed E-state index contributed by atoms with van der Waals surface area (Å²) in [7, 11) is 0. The van der Waals surface area contributed by atoms with Crippen molar-refractivity contribution in [3.05, 3.63) is 70.8 Å². The SMILES string of the molecule is O=C(CCc1ccc(C(=O)O)cc1)NC1C2Cc3ccccc3C21. The van der Waals surface area contributed by atoms with Crippen LogP contribution in [0.2, 0.25) is 0 Å². The van der Waals surface area contributed by atoms with Gasteiger partial charge in [-0.2, -0.15) is 0 Å². The molecule has 0 bridgehead atoms. The maximum atomic E-state index is 12.2. The molecule has 0 radical (unpaired) electrons. The Kier molecular flexibility index (Phi) is 3.60. The monoisotopic (exact) mass is 321 g/mol. The number of fused-ring (bicyclic) bond motifs is 3. The summed E-state index contributed by atoms with van der Waals surface area (Å²) in [6.45, 7) is 0. The summed E-state index contributed by atoms with van der Waals surface area (Å²) >= 11 is 0. The molecule has 0 aliphatic heterocycles. The molecule has 4 heteroatoms. The number of aryl methyl sites for hydroxylation is 1. The van der Waals surface area contributed by atoms with Crippen LogP contribution < -0.4 is 5.32 Å². The molecule has 0 spiro atoms. The summed E-state index contributed by atoms with van der Waals surface area (Å²) in [5.74, 6) is 0.218. The number of aromatic carboxylic acids is 1. The molecule has 2 aromatic rings. The van der Waals surface area contributed by atoms with Crippen LogP contribution in [0.4, 0.5) is 0 Å². The van der Waals surface area contributed by atoms with Gasteiger partial charge >= 0.3 is 5.97 Å². The molecule has 0 saturated heterocycles. The van der Waals surface area contributed by atoms with Crippen molar-refractivity contribution in [2.24, 2.45) is 5.92 Å². The van der Waals surface area contributed by atoms with Crippen molar-refractivity contribution in [3.8, 4) is 0 Å². The Morgan fingerprint density at radius 3 is 2.58 bits per heavy atom. The smallest absolute Gasteiger partial charge is 0.335 e. The second-order valence-electron chi connectivity index (χ2n) is 6.69. The van der Waals surface area contributed by atoms with Crippen LogP contribution >= 0.6 is 0 Å². The lowest BCUT2D eigenvalue weighted by molar-refractivity contribution is -0.121. The van der Waals surface area contributed by atoms with Crippen LogP contribution in [-0.2, 0) is 17.6 Å². The third-order valence-corrected chi connectivity index (χ3v) is 5.21. The molecule has 0 aromatic heterocycles. The Bertz CT molecular complexity index is 797. The van der Waals surface area contributed by atoms with Gasteiger partial charge in [0, 0.05) is 18.4 Å². The zero-order valence-electron chi connectivity index (χ0n) is 13.2. The van der Waals surface area contributed by atoms with Gasteiger partial charge in [-0.15, -0.1) is 0 Å². The van der Waals surface area contributed by atoms with Crippen LogP contribution in [-0.4, -0.2) is 23.0 Å². The number of amides is 1. The van der Waals surface area contributed by atoms with Gasteiger partial charge in [0.15, 0.2) is 0 Å². The van der Waals surface area contributed by atoms with Gasteiger partial charge in [-0.25, -0.2) is 4.79 Å². The average molecular weight is 321 g/mol. The fraction of sp³-hybridized carbons (Fsp3) is 0.300. The van der Waals surface area contributed by atoms with E-state index in [1.54, 1.807) is 24.3 Å². The quantitative estimate of drug-likeness (QED) is 0.890. The van der Waals surface area contributed by atoms with Crippen LogP contribution in [0.25, 0.3) is 0 Å². The van der Waals surface area contributed by atoms with Crippen LogP contribution in [0.1, 0.15) is 39.4 Å². The second-order valence-corrected chi connectivity index (χ2v) is 6.69. The molecule has 1 fully saturated rings. The highest BCUT2D eigenvalue weighted by molar-refractivity contribution is 5.87. The Hall–Kier alpha value is -2.62. The van der Waals surface area contributed by atoms with Crippen molar-refractivity contribution < 1.29 is 14.7 Å². The molecule has 3 atom stereocenters. The van der Waals surface area contributed by atoms with Crippen molar-refractivity contribution in [2.75, 3.05) is 0 Å². The highest BCUT2D eigenvalue weighted by Gasteiger charge is 2.56. The van der Waals surface area contributed by atoms with E-state index in [1.807, 2.05) is 0 Å². The highest BCUT2D eigenvalue weighted by Crippen LogP contribution is 2.56. The maximum absolute atomic E-state index is 12.2. The number of carboxylic acids is 1. The van der Waals surface area contributed by atoms with Gasteiger partial charge in [0.05, 0.1) is 5.56 Å². The molecule has 122 valence electrons. The third-order valence-electron chi connectivity index (χ3n) is 5.21. The predicted octanol–water partition coefficient (Wildman–Crippen LogP) is 2.77. The summed E-state index contributed by atoms with van der Waals surface area (Å²) in [5, 5.41) is 12.0. The maximum Gasteiger partial charge on any atom is 0.335 e. The number of nitrogens with one attached hydrogen (secondary N) is 1. The zero-order valence-corrected chi connectivity index (χ0v) is 13.2. The lowest BCUT2D eigenvalue weighted by Crippen LogP contribution is -2.28. The Balaban J connectivity index is 1.29. The summed E-state index contributed by atoms with van der Waals surface area (Å²) in [6, 6.07) is 15.5. The van der Waals surface area contributed by atoms with Crippen molar-refractivity contribution in [2.45, 2.75) is 31.2 Å². The fourth-order valence-corrected chi connectivity index (χ4v) is 3.88. The highest BCUT2D eigenvalue weighted by atomic mass is 16.4. The van der Waals surface area contributed by atoms with E-state index in [2.05, 4.69) is 29.6 Å². The van der Waals surface area contributed by atoms with E-state index in [4.69, 9.17) is 5.11 Å². The van der Waals surface area contributed by atoms with Crippen LogP contribution in [0.3, 0.4) is 0 Å². The molecule has 2 N–H and O–H groups in total. The summed E-state index contributed by atoms with van der Waals surface area (Å²) in [4.78, 5) is 23.0. The van der Waals surface area contributed by atoms with Crippen molar-refractivity contribution >= 4 is 11.9 Å². The minimum atomic E-state index is -0.931. The van der Waals surface area contributed by atoms with Gasteiger partial charge in [-0.05, 0) is 47.6 Å². The summed E-state index contributed by atoms with van der Waals surface area (Å²) in [5.41, 5.74) is 4.08. The first-order valence-electron chi connectivity index (χ1n) is 8.33. The van der Waals surface area contributed by atoms with Crippen molar-refractivity contribution in [3.63, 3.8) is 0 Å². The number of carbonyl (C=O) groups excluding carboxylic acids is 1. The summed E-state index contributed by atoms with van der Waals surface area (Å²) in [6.07, 6.45) is 2.14. The lowest BCUT2D eigenvalue weighted by Gasteiger charge is -2.09. The van der Waals surface area contributed by atoms with Crippen LogP contribution in [0, 0.1) is 5.92 Å². The Labute approximate surface area is 140 Å². The molecule has 24 heavy (non-hydrogen) atoms. The van der Waals surface area contributed by atoms with Crippen molar-refractivity contribution in [1.29, 1.82) is 0 Å². The standard InChI is InChI=1S/C20H19NO3/c22-17(10-7-12-5-8-13(9-6-12)20(23)24)21-19-16-11-14-3-1-2-4-15(14)18(16)19/h1-6,8-9,16,18-19H,7,10-11H2,(H,21,22)(H,23,24). The van der Waals surface area contributed by atoms with Crippen LogP contribution in [0.15, 0.2) is 48.5 Å². The van der Waals surface area contributed by atoms with E-state index >= 15 is 0 Å². The third kappa shape index (κ3) is 2.68. The number of hydrogen-bond acceptors (Lipinski definition) is 2. The zero-order chi connectivity index (χ0) is 16.7. The topological polar surface area (TPSA) is 66.4 Å². The molecule has 1 saturated carbocycles. The van der Waals surface area contributed by atoms with E-state index in [9.17, 15) is 9.59 Å². The van der Waals surface area contributed by atoms with Crippen molar-refractivity contribution in [1.82, 2.24) is 5.32 Å². The number of rotatable bonds is 5. The van der Waals surface area contributed by atoms with Gasteiger partial charge < -0.3 is 10.4 Å². The van der Waals surface area contributed by atoms with Gasteiger partial charge in [0.2, 0.25) is 5.91 Å². The lowest BCUT2D eigenvalue weighted by atomic mass is 10.0. The first-order valence-corrected chi connectivity index (χ1v) is 8.33. The largest absolute Gasteiger partial charge is 0.478 e. The number of carboxylic acid groups (broad SMARTS) is 1. The van der Waals surface area contributed by atoms with E-state index in [0.29, 0.717) is 30.7 Å². The predicted molar refractivity (Wildman–Crippen MR) is 90.0 cm³/mol. The molecule has 4 nitrogen and oxygen atoms in total. The van der Waals surface area contributed by atoms with E-state index < -0.39 is 5.97 Å². The molecule has 2 aliphatic rings. The first-order chi connectivity index (χ1) is 11.6. The molecule has 1 amide bonds. The normalized spacial score (nSPS) is 23.2. The number of benzene rings is 2. The van der Waals surface area contributed by atoms with Gasteiger partial charge in [0.25, 0.3) is 0 Å².